The van der Waals surface area contributed by atoms with E-state index in [1.165, 1.54) is 16.7 Å². The van der Waals surface area contributed by atoms with Gasteiger partial charge in [-0.2, -0.15) is 0 Å². The Hall–Kier alpha value is -7.33. The summed E-state index contributed by atoms with van der Waals surface area (Å²) in [6.07, 6.45) is 4.83. The molecule has 0 amide bonds. The molecule has 0 aliphatic heterocycles. The third kappa shape index (κ3) is 7.78. The van der Waals surface area contributed by atoms with Gasteiger partial charge in [-0.05, 0) is 54.3 Å². The van der Waals surface area contributed by atoms with Crippen molar-refractivity contribution in [3.05, 3.63) is 220 Å². The van der Waals surface area contributed by atoms with Gasteiger partial charge in [0.15, 0.2) is 0 Å². The SMILES string of the molecule is [2H]C([2H])([2H])c1cc(-n2c3[c-]c(Oc4[c-]c(-n5[c](=[Pt])n(-c6c(-c7ccccc7)cc(C(C)(C)C)cc6-c6ccccc6)c6ccccc65)ccc4)ccc3c3cc4c(cc32)CCC(C)C4)ncc1-c1ccccc1. The average Bonchev–Trinajstić information content (AvgIpc) is 3.87. The van der Waals surface area contributed by atoms with Gasteiger partial charge in [0.1, 0.15) is 0 Å². The molecular weight excluding hydrogens is 1040 g/mol. The minimum Gasteiger partial charge on any atom is -0.0622 e. The first-order valence-electron chi connectivity index (χ1n) is 25.6. The van der Waals surface area contributed by atoms with Crippen LogP contribution in [-0.2, 0) is 37.6 Å². The predicted octanol–water partition coefficient (Wildman–Crippen LogP) is 16.1. The molecule has 0 N–H and O–H groups in total. The van der Waals surface area contributed by atoms with E-state index >= 15 is 0 Å². The number of hydrogen-bond acceptors (Lipinski definition) is 2. The van der Waals surface area contributed by atoms with E-state index in [9.17, 15) is 0 Å². The van der Waals surface area contributed by atoms with Crippen molar-refractivity contribution in [2.75, 3.05) is 0 Å². The number of nitrogens with zero attached hydrogens (tertiary/aromatic N) is 4. The van der Waals surface area contributed by atoms with Crippen molar-refractivity contribution < 1.29 is 28.2 Å². The number of rotatable bonds is 8. The predicted molar refractivity (Wildman–Crippen MR) is 283 cm³/mol. The summed E-state index contributed by atoms with van der Waals surface area (Å²) >= 11 is 2.48. The number of pyridine rings is 1. The first kappa shape index (κ1) is 40.5. The summed E-state index contributed by atoms with van der Waals surface area (Å²) < 4.78 is 40.5. The Morgan fingerprint density at radius 3 is 1.90 bits per heavy atom. The van der Waals surface area contributed by atoms with Gasteiger partial charge in [0.2, 0.25) is 0 Å². The molecule has 1 aliphatic carbocycles. The van der Waals surface area contributed by atoms with Crippen LogP contribution in [0.3, 0.4) is 0 Å². The van der Waals surface area contributed by atoms with Crippen molar-refractivity contribution in [1.82, 2.24) is 18.7 Å². The molecule has 70 heavy (non-hydrogen) atoms. The molecule has 0 spiro atoms. The smallest absolute Gasteiger partial charge is 0.0622 e. The monoisotopic (exact) mass is 1090 g/mol. The number of hydrogen-bond donors (Lipinski definition) is 0. The fraction of sp³-hybridized carbons (Fsp3) is 0.156. The van der Waals surface area contributed by atoms with Crippen molar-refractivity contribution in [3.8, 4) is 62.1 Å². The summed E-state index contributed by atoms with van der Waals surface area (Å²) in [7, 11) is 0. The molecule has 11 aromatic rings. The Labute approximate surface area is 424 Å². The zero-order valence-corrected chi connectivity index (χ0v) is 41.8. The summed E-state index contributed by atoms with van der Waals surface area (Å²) in [5, 5.41) is 2.06. The molecule has 1 aliphatic rings. The van der Waals surface area contributed by atoms with Crippen molar-refractivity contribution in [3.63, 3.8) is 0 Å². The normalized spacial score (nSPS) is 14.7. The molecule has 12 rings (SSSR count). The van der Waals surface area contributed by atoms with Crippen LogP contribution in [0.1, 0.15) is 60.5 Å². The number of ether oxygens (including phenoxy) is 1. The molecule has 1 atom stereocenters. The van der Waals surface area contributed by atoms with Crippen LogP contribution >= 0.6 is 0 Å². The molecule has 0 radical (unpaired) electrons. The number of aryl methyl sites for hydroxylation is 2. The van der Waals surface area contributed by atoms with E-state index in [-0.39, 0.29) is 11.0 Å². The molecule has 346 valence electrons. The average molecular weight is 1090 g/mol. The summed E-state index contributed by atoms with van der Waals surface area (Å²) in [4.78, 5) is 5.01. The van der Waals surface area contributed by atoms with Crippen LogP contribution < -0.4 is 4.74 Å². The van der Waals surface area contributed by atoms with Crippen molar-refractivity contribution in [2.45, 2.75) is 59.2 Å². The van der Waals surface area contributed by atoms with E-state index in [2.05, 4.69) is 194 Å². The topological polar surface area (TPSA) is 36.9 Å². The molecular formula is C64H52N4OPt-2. The molecule has 8 aromatic carbocycles. The maximum absolute atomic E-state index is 8.68. The van der Waals surface area contributed by atoms with Crippen molar-refractivity contribution >= 4 is 32.8 Å². The van der Waals surface area contributed by atoms with Crippen LogP contribution in [0.4, 0.5) is 0 Å². The Bertz CT molecular complexity index is 3920. The molecule has 5 nitrogen and oxygen atoms in total. The number of benzene rings is 8. The molecule has 0 saturated heterocycles. The van der Waals surface area contributed by atoms with E-state index in [4.69, 9.17) is 13.8 Å². The Morgan fingerprint density at radius 1 is 0.614 bits per heavy atom. The second-order valence-electron chi connectivity index (χ2n) is 19.7. The van der Waals surface area contributed by atoms with Gasteiger partial charge in [-0.25, -0.2) is 0 Å². The van der Waals surface area contributed by atoms with Gasteiger partial charge in [-0.15, -0.1) is 0 Å². The Kier molecular flexibility index (Phi) is 10.2. The van der Waals surface area contributed by atoms with E-state index in [1.54, 1.807) is 12.3 Å². The quantitative estimate of drug-likeness (QED) is 0.142. The van der Waals surface area contributed by atoms with Gasteiger partial charge >= 0.3 is 320 Å². The Morgan fingerprint density at radius 2 is 1.24 bits per heavy atom. The molecule has 3 heterocycles. The van der Waals surface area contributed by atoms with Gasteiger partial charge in [-0.3, -0.25) is 0 Å². The van der Waals surface area contributed by atoms with Gasteiger partial charge in [-0.1, -0.05) is 37.3 Å². The first-order valence-corrected chi connectivity index (χ1v) is 25.2. The van der Waals surface area contributed by atoms with Crippen LogP contribution in [0, 0.1) is 28.7 Å². The fourth-order valence-electron chi connectivity index (χ4n) is 10.4. The fourth-order valence-corrected chi connectivity index (χ4v) is 11.4. The van der Waals surface area contributed by atoms with E-state index in [0.29, 0.717) is 28.8 Å². The van der Waals surface area contributed by atoms with Gasteiger partial charge in [0.05, 0.1) is 0 Å². The molecule has 0 saturated carbocycles. The zero-order chi connectivity index (χ0) is 50.2. The molecule has 1 unspecified atom stereocenters. The van der Waals surface area contributed by atoms with Crippen molar-refractivity contribution in [1.29, 1.82) is 0 Å². The van der Waals surface area contributed by atoms with E-state index in [1.807, 2.05) is 48.5 Å². The minimum absolute atomic E-state index is 0.0992. The summed E-state index contributed by atoms with van der Waals surface area (Å²) in [5.41, 5.74) is 15.8. The first-order chi connectivity index (χ1) is 35.3. The third-order valence-electron chi connectivity index (χ3n) is 13.9. The maximum atomic E-state index is 8.68. The number of imidazole rings is 1. The van der Waals surface area contributed by atoms with Gasteiger partial charge < -0.3 is 0 Å². The summed E-state index contributed by atoms with van der Waals surface area (Å²) in [6.45, 7) is 6.77. The molecule has 0 fully saturated rings. The standard InChI is InChI=1S/C64H52N4O.Pt/c1-42-28-29-47-35-60-56(34-48(47)32-42)53-31-30-52(39-61(53)68(60)62-33-43(2)57(40-65-62)46-22-13-8-14-23-46)69-51-25-17-24-50(38-51)66-41-67(59-27-16-15-26-58(59)66)63-54(44-18-9-6-10-19-44)36-49(64(3,4)5)37-55(63)45-20-11-7-12-21-45;/h6-27,30-31,33-37,40,42H,28-29,32H2,1-5H3;/q-2;/i2D3;. The zero-order valence-electron chi connectivity index (χ0n) is 42.5. The van der Waals surface area contributed by atoms with Crippen molar-refractivity contribution in [2.24, 2.45) is 5.92 Å². The minimum atomic E-state index is -2.39. The van der Waals surface area contributed by atoms with Crippen LogP contribution in [0.2, 0.25) is 0 Å². The molecule has 6 heteroatoms. The number of fused-ring (bicyclic) bond motifs is 5. The van der Waals surface area contributed by atoms with Crippen LogP contribution in [0.5, 0.6) is 11.5 Å². The summed E-state index contributed by atoms with van der Waals surface area (Å²) in [6, 6.07) is 68.1. The molecule has 0 bridgehead atoms. The van der Waals surface area contributed by atoms with E-state index < -0.39 is 6.85 Å². The summed E-state index contributed by atoms with van der Waals surface area (Å²) in [5.74, 6) is 2.14. The van der Waals surface area contributed by atoms with Crippen LogP contribution in [0.15, 0.2) is 182 Å². The van der Waals surface area contributed by atoms with E-state index in [0.717, 1.165) is 95.1 Å². The second kappa shape index (κ2) is 17.6. The van der Waals surface area contributed by atoms with Crippen LogP contribution in [-0.4, -0.2) is 18.7 Å². The number of aromatic nitrogens is 4. The number of para-hydroxylation sites is 2. The Balaban J connectivity index is 1.01. The van der Waals surface area contributed by atoms with Gasteiger partial charge in [0, 0.05) is 15.9 Å². The van der Waals surface area contributed by atoms with Gasteiger partial charge in [0.25, 0.3) is 0 Å². The molecule has 3 aromatic heterocycles. The van der Waals surface area contributed by atoms with Crippen LogP contribution in [0.25, 0.3) is 83.4 Å². The third-order valence-corrected chi connectivity index (χ3v) is 15.0. The second-order valence-corrected chi connectivity index (χ2v) is 20.7.